The predicted molar refractivity (Wildman–Crippen MR) is 61.3 cm³/mol. The van der Waals surface area contributed by atoms with Gasteiger partial charge in [-0.3, -0.25) is 4.98 Å². The molecule has 0 saturated carbocycles. The van der Waals surface area contributed by atoms with E-state index in [9.17, 15) is 13.6 Å². The molecule has 0 bridgehead atoms. The zero-order chi connectivity index (χ0) is 13.3. The Kier molecular flexibility index (Phi) is 3.06. The van der Waals surface area contributed by atoms with Crippen LogP contribution < -0.4 is 0 Å². The summed E-state index contributed by atoms with van der Waals surface area (Å²) in [6.45, 7) is 1.55. The molecule has 3 nitrogen and oxygen atoms in total. The molecule has 0 amide bonds. The monoisotopic (exact) mass is 249 g/mol. The van der Waals surface area contributed by atoms with E-state index in [2.05, 4.69) is 4.98 Å². The number of rotatable bonds is 2. The van der Waals surface area contributed by atoms with Crippen LogP contribution in [-0.2, 0) is 0 Å². The molecule has 0 aliphatic heterocycles. The summed E-state index contributed by atoms with van der Waals surface area (Å²) in [5, 5.41) is 8.86. The van der Waals surface area contributed by atoms with E-state index in [-0.39, 0.29) is 5.56 Å². The molecule has 1 heterocycles. The number of aromatic carboxylic acids is 1. The molecule has 2 aromatic rings. The van der Waals surface area contributed by atoms with Crippen LogP contribution in [0.3, 0.4) is 0 Å². The van der Waals surface area contributed by atoms with Crippen LogP contribution in [0, 0.1) is 18.6 Å². The zero-order valence-electron chi connectivity index (χ0n) is 9.45. The molecule has 0 radical (unpaired) electrons. The van der Waals surface area contributed by atoms with E-state index in [1.807, 2.05) is 0 Å². The molecule has 0 atom stereocenters. The van der Waals surface area contributed by atoms with E-state index in [4.69, 9.17) is 5.11 Å². The van der Waals surface area contributed by atoms with Crippen LogP contribution in [0.4, 0.5) is 8.78 Å². The third-order valence-electron chi connectivity index (χ3n) is 2.53. The Bertz CT molecular complexity index is 626. The average molecular weight is 249 g/mol. The van der Waals surface area contributed by atoms with Gasteiger partial charge < -0.3 is 5.11 Å². The maximum Gasteiger partial charge on any atom is 0.337 e. The number of carboxylic acids is 1. The summed E-state index contributed by atoms with van der Waals surface area (Å²) >= 11 is 0. The largest absolute Gasteiger partial charge is 0.478 e. The van der Waals surface area contributed by atoms with E-state index in [1.54, 1.807) is 6.92 Å². The van der Waals surface area contributed by atoms with Crippen LogP contribution in [0.5, 0.6) is 0 Å². The molecule has 0 spiro atoms. The van der Waals surface area contributed by atoms with Gasteiger partial charge in [-0.15, -0.1) is 0 Å². The fraction of sp³-hybridized carbons (Fsp3) is 0.0769. The molecule has 0 fully saturated rings. The smallest absolute Gasteiger partial charge is 0.337 e. The van der Waals surface area contributed by atoms with Crippen molar-refractivity contribution in [1.82, 2.24) is 4.98 Å². The lowest BCUT2D eigenvalue weighted by Gasteiger charge is -2.05. The Morgan fingerprint density at radius 3 is 2.44 bits per heavy atom. The minimum atomic E-state index is -1.07. The van der Waals surface area contributed by atoms with E-state index in [1.165, 1.54) is 18.2 Å². The summed E-state index contributed by atoms with van der Waals surface area (Å²) < 4.78 is 25.9. The normalized spacial score (nSPS) is 10.4. The van der Waals surface area contributed by atoms with Gasteiger partial charge in [0.05, 0.1) is 17.0 Å². The van der Waals surface area contributed by atoms with Gasteiger partial charge >= 0.3 is 5.97 Å². The van der Waals surface area contributed by atoms with Crippen LogP contribution in [0.15, 0.2) is 30.3 Å². The van der Waals surface area contributed by atoms with Gasteiger partial charge in [0.25, 0.3) is 0 Å². The highest BCUT2D eigenvalue weighted by molar-refractivity contribution is 5.89. The van der Waals surface area contributed by atoms with Crippen LogP contribution in [-0.4, -0.2) is 16.1 Å². The molecule has 0 aliphatic rings. The Morgan fingerprint density at radius 1 is 1.17 bits per heavy atom. The molecule has 0 unspecified atom stereocenters. The summed E-state index contributed by atoms with van der Waals surface area (Å²) in [6.07, 6.45) is 0. The molecular weight excluding hydrogens is 240 g/mol. The summed E-state index contributed by atoms with van der Waals surface area (Å²) in [4.78, 5) is 14.9. The van der Waals surface area contributed by atoms with Gasteiger partial charge in [0.1, 0.15) is 0 Å². The van der Waals surface area contributed by atoms with Crippen LogP contribution in [0.2, 0.25) is 0 Å². The van der Waals surface area contributed by atoms with Gasteiger partial charge in [0.2, 0.25) is 0 Å². The first kappa shape index (κ1) is 12.2. The first-order valence-corrected chi connectivity index (χ1v) is 5.15. The first-order chi connectivity index (χ1) is 8.49. The van der Waals surface area contributed by atoms with Gasteiger partial charge in [0.15, 0.2) is 11.6 Å². The summed E-state index contributed by atoms with van der Waals surface area (Å²) in [5.74, 6) is -2.97. The van der Waals surface area contributed by atoms with Crippen molar-refractivity contribution < 1.29 is 18.7 Å². The van der Waals surface area contributed by atoms with Crippen LogP contribution in [0.1, 0.15) is 16.1 Å². The summed E-state index contributed by atoms with van der Waals surface area (Å²) in [6, 6.07) is 6.27. The van der Waals surface area contributed by atoms with Crippen molar-refractivity contribution in [3.8, 4) is 11.3 Å². The fourth-order valence-corrected chi connectivity index (χ4v) is 1.60. The Hall–Kier alpha value is -2.30. The Morgan fingerprint density at radius 2 is 1.89 bits per heavy atom. The van der Waals surface area contributed by atoms with Crippen molar-refractivity contribution in [2.24, 2.45) is 0 Å². The van der Waals surface area contributed by atoms with Crippen LogP contribution in [0.25, 0.3) is 11.3 Å². The highest BCUT2D eigenvalue weighted by atomic mass is 19.2. The molecule has 5 heteroatoms. The van der Waals surface area contributed by atoms with Gasteiger partial charge in [-0.25, -0.2) is 13.6 Å². The molecule has 2 rings (SSSR count). The molecule has 0 aliphatic carbocycles. The van der Waals surface area contributed by atoms with Gasteiger partial charge in [-0.1, -0.05) is 0 Å². The third kappa shape index (κ3) is 2.20. The highest BCUT2D eigenvalue weighted by Crippen LogP contribution is 2.21. The number of hydrogen-bond donors (Lipinski definition) is 1. The van der Waals surface area contributed by atoms with Crippen molar-refractivity contribution in [2.45, 2.75) is 6.92 Å². The summed E-state index contributed by atoms with van der Waals surface area (Å²) in [7, 11) is 0. The average Bonchev–Trinajstić information content (AvgIpc) is 2.32. The minimum absolute atomic E-state index is 0.0846. The van der Waals surface area contributed by atoms with Gasteiger partial charge in [-0.2, -0.15) is 0 Å². The second-order valence-corrected chi connectivity index (χ2v) is 3.76. The molecule has 0 saturated heterocycles. The number of carbonyl (C=O) groups is 1. The molecular formula is C13H9F2NO2. The lowest BCUT2D eigenvalue weighted by atomic mass is 10.1. The number of benzene rings is 1. The van der Waals surface area contributed by atoms with Crippen LogP contribution >= 0.6 is 0 Å². The number of hydrogen-bond acceptors (Lipinski definition) is 2. The van der Waals surface area contributed by atoms with Crippen molar-refractivity contribution in [2.75, 3.05) is 0 Å². The number of pyridine rings is 1. The Labute approximate surface area is 102 Å². The number of aryl methyl sites for hydroxylation is 1. The van der Waals surface area contributed by atoms with E-state index in [0.29, 0.717) is 17.0 Å². The third-order valence-corrected chi connectivity index (χ3v) is 2.53. The number of aromatic nitrogens is 1. The Balaban J connectivity index is 2.48. The number of nitrogens with zero attached hydrogens (tertiary/aromatic N) is 1. The number of halogens is 2. The summed E-state index contributed by atoms with van der Waals surface area (Å²) in [5.41, 5.74) is 1.21. The standard InChI is InChI=1S/C13H9F2NO2/c1-7-9(13(17)18)3-5-12(16-7)8-2-4-10(14)11(15)6-8/h2-6H,1H3,(H,17,18). The SMILES string of the molecule is Cc1nc(-c2ccc(F)c(F)c2)ccc1C(=O)O. The zero-order valence-corrected chi connectivity index (χ0v) is 9.45. The lowest BCUT2D eigenvalue weighted by Crippen LogP contribution is -2.02. The maximum atomic E-state index is 13.1. The van der Waals surface area contributed by atoms with Gasteiger partial charge in [0, 0.05) is 5.56 Å². The molecule has 1 aromatic carbocycles. The van der Waals surface area contributed by atoms with E-state index < -0.39 is 17.6 Å². The van der Waals surface area contributed by atoms with E-state index in [0.717, 1.165) is 12.1 Å². The highest BCUT2D eigenvalue weighted by Gasteiger charge is 2.11. The second kappa shape index (κ2) is 4.52. The predicted octanol–water partition coefficient (Wildman–Crippen LogP) is 3.03. The topological polar surface area (TPSA) is 50.2 Å². The van der Waals surface area contributed by atoms with Crippen molar-refractivity contribution in [1.29, 1.82) is 0 Å². The van der Waals surface area contributed by atoms with Crippen molar-refractivity contribution >= 4 is 5.97 Å². The van der Waals surface area contributed by atoms with Crippen molar-refractivity contribution in [3.05, 3.63) is 53.2 Å². The molecule has 92 valence electrons. The van der Waals surface area contributed by atoms with E-state index >= 15 is 0 Å². The molecule has 18 heavy (non-hydrogen) atoms. The molecule has 1 N–H and O–H groups in total. The maximum absolute atomic E-state index is 13.1. The van der Waals surface area contributed by atoms with Gasteiger partial charge in [-0.05, 0) is 37.3 Å². The molecule has 1 aromatic heterocycles. The lowest BCUT2D eigenvalue weighted by molar-refractivity contribution is 0.0695. The number of carboxylic acid groups (broad SMARTS) is 1. The first-order valence-electron chi connectivity index (χ1n) is 5.15. The minimum Gasteiger partial charge on any atom is -0.478 e. The van der Waals surface area contributed by atoms with Crippen molar-refractivity contribution in [3.63, 3.8) is 0 Å². The second-order valence-electron chi connectivity index (χ2n) is 3.76. The quantitative estimate of drug-likeness (QED) is 0.889. The fourth-order valence-electron chi connectivity index (χ4n) is 1.60.